The molecule has 8 nitrogen and oxygen atoms in total. The van der Waals surface area contributed by atoms with Gasteiger partial charge in [0.1, 0.15) is 5.70 Å². The molecule has 0 saturated carbocycles. The van der Waals surface area contributed by atoms with Crippen molar-refractivity contribution in [3.05, 3.63) is 45.3 Å². The van der Waals surface area contributed by atoms with Gasteiger partial charge >= 0.3 is 11.9 Å². The van der Waals surface area contributed by atoms with Gasteiger partial charge in [-0.15, -0.1) is 11.8 Å². The number of imidazole rings is 1. The number of carbonyl (C=O) groups excluding carboxylic acids is 1. The number of aliphatic carboxylic acids is 1. The van der Waals surface area contributed by atoms with Crippen LogP contribution < -0.4 is 5.32 Å². The van der Waals surface area contributed by atoms with Gasteiger partial charge in [-0.25, -0.2) is 14.6 Å². The van der Waals surface area contributed by atoms with Crippen molar-refractivity contribution < 1.29 is 24.2 Å². The lowest BCUT2D eigenvalue weighted by Crippen LogP contribution is -2.21. The minimum Gasteiger partial charge on any atom is -0.477 e. The highest BCUT2D eigenvalue weighted by molar-refractivity contribution is 8.03. The van der Waals surface area contributed by atoms with Crippen molar-refractivity contribution in [2.75, 3.05) is 13.7 Å². The number of nitrogens with one attached hydrogen (secondary N) is 1. The Hall–Kier alpha value is -2.30. The predicted octanol–water partition coefficient (Wildman–Crippen LogP) is 1.70. The molecule has 0 amide bonds. The molecule has 2 aromatic heterocycles. The Bertz CT molecular complexity index is 975. The number of carboxylic acids is 1. The lowest BCUT2D eigenvalue weighted by atomic mass is 10.1. The van der Waals surface area contributed by atoms with E-state index in [0.717, 1.165) is 17.1 Å². The SMILES string of the molecule is COC(=O)C1=CNC(C(=O)O)=CSC1Cc1cn2c3c(sc2n1)COCC3. The van der Waals surface area contributed by atoms with Gasteiger partial charge in [-0.1, -0.05) is 11.3 Å². The molecule has 2 N–H and O–H groups in total. The molecule has 0 saturated heterocycles. The Balaban J connectivity index is 1.62. The van der Waals surface area contributed by atoms with Crippen LogP contribution >= 0.6 is 23.1 Å². The molecule has 0 aromatic carbocycles. The summed E-state index contributed by atoms with van der Waals surface area (Å²) in [6.45, 7) is 1.33. The lowest BCUT2D eigenvalue weighted by Gasteiger charge is -2.14. The predicted molar refractivity (Wildman–Crippen MR) is 100 cm³/mol. The first-order valence-electron chi connectivity index (χ1n) is 8.27. The fourth-order valence-electron chi connectivity index (χ4n) is 3.06. The summed E-state index contributed by atoms with van der Waals surface area (Å²) >= 11 is 2.88. The standard InChI is InChI=1S/C17H17N3O5S2/c1-24-16(23)10-5-18-11(15(21)22)8-26-13(10)4-9-6-20-12-2-3-25-7-14(12)27-17(20)19-9/h5-6,8,13,18H,2-4,7H2,1H3,(H,21,22). The highest BCUT2D eigenvalue weighted by Crippen LogP contribution is 2.31. The number of thioether (sulfide) groups is 1. The average molecular weight is 407 g/mol. The molecule has 0 fully saturated rings. The zero-order chi connectivity index (χ0) is 19.0. The maximum atomic E-state index is 12.2. The highest BCUT2D eigenvalue weighted by Gasteiger charge is 2.27. The van der Waals surface area contributed by atoms with Crippen molar-refractivity contribution in [3.63, 3.8) is 0 Å². The fraction of sp³-hybridized carbons (Fsp3) is 0.353. The molecule has 4 heterocycles. The minimum atomic E-state index is -1.08. The molecule has 4 rings (SSSR count). The van der Waals surface area contributed by atoms with Crippen molar-refractivity contribution in [2.24, 2.45) is 0 Å². The summed E-state index contributed by atoms with van der Waals surface area (Å²) in [6.07, 6.45) is 4.74. The second-order valence-electron chi connectivity index (χ2n) is 6.06. The Labute approximate surface area is 162 Å². The molecule has 1 atom stereocenters. The van der Waals surface area contributed by atoms with Gasteiger partial charge in [-0.05, 0) is 0 Å². The summed E-state index contributed by atoms with van der Waals surface area (Å²) in [7, 11) is 1.31. The van der Waals surface area contributed by atoms with Gasteiger partial charge in [0.05, 0.1) is 36.5 Å². The Kier molecular flexibility index (Phi) is 4.94. The molecule has 142 valence electrons. The van der Waals surface area contributed by atoms with E-state index in [-0.39, 0.29) is 10.9 Å². The molecular weight excluding hydrogens is 390 g/mol. The molecule has 10 heteroatoms. The van der Waals surface area contributed by atoms with E-state index in [0.29, 0.717) is 25.2 Å². The molecule has 27 heavy (non-hydrogen) atoms. The summed E-state index contributed by atoms with van der Waals surface area (Å²) < 4.78 is 12.4. The van der Waals surface area contributed by atoms with Crippen LogP contribution in [0.2, 0.25) is 0 Å². The zero-order valence-corrected chi connectivity index (χ0v) is 16.1. The van der Waals surface area contributed by atoms with Gasteiger partial charge < -0.3 is 19.9 Å². The monoisotopic (exact) mass is 407 g/mol. The summed E-state index contributed by atoms with van der Waals surface area (Å²) in [5.41, 5.74) is 2.47. The summed E-state index contributed by atoms with van der Waals surface area (Å²) in [4.78, 5) is 30.2. The normalized spacial score (nSPS) is 19.5. The summed E-state index contributed by atoms with van der Waals surface area (Å²) in [6, 6.07) is 0. The number of esters is 1. The second kappa shape index (κ2) is 7.37. The van der Waals surface area contributed by atoms with E-state index < -0.39 is 11.9 Å². The molecule has 1 unspecified atom stereocenters. The van der Waals surface area contributed by atoms with E-state index in [9.17, 15) is 14.7 Å². The Morgan fingerprint density at radius 2 is 2.37 bits per heavy atom. The van der Waals surface area contributed by atoms with E-state index in [1.807, 2.05) is 6.20 Å². The first-order chi connectivity index (χ1) is 13.1. The number of fused-ring (bicyclic) bond motifs is 3. The van der Waals surface area contributed by atoms with Gasteiger partial charge in [0.2, 0.25) is 0 Å². The molecular formula is C17H17N3O5S2. The number of methoxy groups -OCH3 is 1. The van der Waals surface area contributed by atoms with Crippen molar-refractivity contribution in [1.29, 1.82) is 0 Å². The number of rotatable bonds is 4. The van der Waals surface area contributed by atoms with Gasteiger partial charge in [-0.2, -0.15) is 0 Å². The van der Waals surface area contributed by atoms with E-state index in [4.69, 9.17) is 14.5 Å². The molecule has 0 radical (unpaired) electrons. The third-order valence-corrected chi connectivity index (χ3v) is 6.58. The van der Waals surface area contributed by atoms with Crippen LogP contribution in [0.5, 0.6) is 0 Å². The molecule has 2 aromatic rings. The van der Waals surface area contributed by atoms with Gasteiger partial charge in [-0.3, -0.25) is 4.40 Å². The number of nitrogens with zero attached hydrogens (tertiary/aromatic N) is 2. The highest BCUT2D eigenvalue weighted by atomic mass is 32.2. The van der Waals surface area contributed by atoms with E-state index in [2.05, 4.69) is 9.72 Å². The number of ether oxygens (including phenoxy) is 2. The third kappa shape index (κ3) is 3.47. The lowest BCUT2D eigenvalue weighted by molar-refractivity contribution is -0.136. The van der Waals surface area contributed by atoms with Crippen LogP contribution in [0, 0.1) is 0 Å². The number of carbonyl (C=O) groups is 2. The number of thiazole rings is 1. The van der Waals surface area contributed by atoms with E-state index in [1.54, 1.807) is 11.3 Å². The Morgan fingerprint density at radius 3 is 3.15 bits per heavy atom. The van der Waals surface area contributed by atoms with Gasteiger partial charge in [0, 0.05) is 41.6 Å². The van der Waals surface area contributed by atoms with E-state index in [1.165, 1.54) is 41.1 Å². The number of aromatic nitrogens is 2. The molecule has 2 aliphatic rings. The van der Waals surface area contributed by atoms with Crippen LogP contribution in [0.3, 0.4) is 0 Å². The molecule has 2 aliphatic heterocycles. The fourth-order valence-corrected chi connectivity index (χ4v) is 5.21. The summed E-state index contributed by atoms with van der Waals surface area (Å²) in [5.74, 6) is -1.57. The van der Waals surface area contributed by atoms with Crippen molar-refractivity contribution in [1.82, 2.24) is 14.7 Å². The smallest absolute Gasteiger partial charge is 0.352 e. The number of hydrogen-bond acceptors (Lipinski definition) is 8. The van der Waals surface area contributed by atoms with Crippen molar-refractivity contribution in [2.45, 2.75) is 24.7 Å². The number of hydrogen-bond donors (Lipinski definition) is 2. The minimum absolute atomic E-state index is 0.0174. The average Bonchev–Trinajstić information content (AvgIpc) is 3.11. The van der Waals surface area contributed by atoms with Crippen LogP contribution in [0.25, 0.3) is 4.96 Å². The number of carboxylic acid groups (broad SMARTS) is 1. The second-order valence-corrected chi connectivity index (χ2v) is 8.20. The van der Waals surface area contributed by atoms with E-state index >= 15 is 0 Å². The quantitative estimate of drug-likeness (QED) is 0.739. The molecule has 0 aliphatic carbocycles. The first kappa shape index (κ1) is 18.1. The topological polar surface area (TPSA) is 102 Å². The zero-order valence-electron chi connectivity index (χ0n) is 14.4. The van der Waals surface area contributed by atoms with Crippen LogP contribution in [0.4, 0.5) is 0 Å². The largest absolute Gasteiger partial charge is 0.477 e. The van der Waals surface area contributed by atoms with Gasteiger partial charge in [0.25, 0.3) is 0 Å². The summed E-state index contributed by atoms with van der Waals surface area (Å²) in [5, 5.41) is 13.1. The van der Waals surface area contributed by atoms with Gasteiger partial charge in [0.15, 0.2) is 4.96 Å². The van der Waals surface area contributed by atoms with Crippen LogP contribution in [-0.4, -0.2) is 45.4 Å². The van der Waals surface area contributed by atoms with Crippen LogP contribution in [0.15, 0.2) is 29.1 Å². The Morgan fingerprint density at radius 1 is 1.52 bits per heavy atom. The maximum absolute atomic E-state index is 12.2. The molecule has 0 spiro atoms. The molecule has 0 bridgehead atoms. The maximum Gasteiger partial charge on any atom is 0.352 e. The van der Waals surface area contributed by atoms with Crippen LogP contribution in [-0.2, 0) is 38.5 Å². The third-order valence-electron chi connectivity index (χ3n) is 4.39. The first-order valence-corrected chi connectivity index (χ1v) is 10.0. The van der Waals surface area contributed by atoms with Crippen molar-refractivity contribution >= 4 is 40.0 Å². The van der Waals surface area contributed by atoms with Crippen LogP contribution in [0.1, 0.15) is 16.3 Å². The van der Waals surface area contributed by atoms with Crippen molar-refractivity contribution in [3.8, 4) is 0 Å².